The summed E-state index contributed by atoms with van der Waals surface area (Å²) in [7, 11) is -4.29. The van der Waals surface area contributed by atoms with Gasteiger partial charge in [0.1, 0.15) is 0 Å². The molecule has 1 aliphatic heterocycles. The topological polar surface area (TPSA) is 185 Å². The maximum absolute atomic E-state index is 12.2. The van der Waals surface area contributed by atoms with Crippen LogP contribution in [-0.2, 0) is 37.6 Å². The van der Waals surface area contributed by atoms with E-state index in [9.17, 15) is 33.4 Å². The summed E-state index contributed by atoms with van der Waals surface area (Å²) in [5.41, 5.74) is -0.836. The van der Waals surface area contributed by atoms with Gasteiger partial charge in [-0.15, -0.1) is 0 Å². The number of amides is 2. The lowest BCUT2D eigenvalue weighted by molar-refractivity contribution is -0.141. The van der Waals surface area contributed by atoms with Crippen LogP contribution in [0.3, 0.4) is 0 Å². The number of nitrogens with one attached hydrogen (secondary N) is 2. The number of carbonyl (C=O) groups is 5. The Morgan fingerprint density at radius 2 is 1.84 bits per heavy atom. The van der Waals surface area contributed by atoms with Crippen molar-refractivity contribution in [2.24, 2.45) is 5.41 Å². The molecular weight excluding hydrogens is 455 g/mol. The van der Waals surface area contributed by atoms with Gasteiger partial charge in [-0.1, -0.05) is 25.6 Å². The lowest BCUT2D eigenvalue weighted by Crippen LogP contribution is -2.49. The fraction of sp³-hybridized carbons (Fsp3) is 0.588. The molecule has 1 aliphatic rings. The van der Waals surface area contributed by atoms with Gasteiger partial charge in [-0.05, 0) is 6.08 Å². The lowest BCUT2D eigenvalue weighted by Gasteiger charge is -2.38. The zero-order chi connectivity index (χ0) is 23.7. The van der Waals surface area contributed by atoms with Crippen molar-refractivity contribution in [2.45, 2.75) is 32.8 Å². The number of thioether (sulfide) groups is 1. The fourth-order valence-corrected chi connectivity index (χ4v) is 4.17. The van der Waals surface area contributed by atoms with Gasteiger partial charge in [0.15, 0.2) is 17.0 Å². The molecule has 0 aliphatic carbocycles. The van der Waals surface area contributed by atoms with Crippen molar-refractivity contribution >= 4 is 48.3 Å². The van der Waals surface area contributed by atoms with Crippen LogP contribution in [-0.4, -0.2) is 70.2 Å². The second kappa shape index (κ2) is 12.1. The van der Waals surface area contributed by atoms with E-state index in [-0.39, 0.29) is 31.9 Å². The van der Waals surface area contributed by atoms with Crippen molar-refractivity contribution in [3.05, 3.63) is 12.2 Å². The standard InChI is InChI=1S/C17H25N2O10PS/c1-17(2)10-28-30(26,27)29-15(17)16(25)19-6-5-12(21)18-7-8-31-14(24)9-11(20)3-4-13(22)23/h3-4,15H,5-10H2,1-2H3,(H,18,21)(H,19,25)(H,22,23)(H,26,27)/b4-3+/t15-/m0/s1. The summed E-state index contributed by atoms with van der Waals surface area (Å²) in [5.74, 6) is -2.74. The number of hydrogen-bond acceptors (Lipinski definition) is 9. The molecule has 0 saturated carbocycles. The fourth-order valence-electron chi connectivity index (χ4n) is 2.28. The van der Waals surface area contributed by atoms with E-state index in [1.807, 2.05) is 0 Å². The van der Waals surface area contributed by atoms with Crippen molar-refractivity contribution in [3.63, 3.8) is 0 Å². The molecule has 2 amide bonds. The van der Waals surface area contributed by atoms with E-state index in [1.54, 1.807) is 13.8 Å². The summed E-state index contributed by atoms with van der Waals surface area (Å²) < 4.78 is 21.1. The van der Waals surface area contributed by atoms with Crippen LogP contribution < -0.4 is 10.6 Å². The third-order valence-electron chi connectivity index (χ3n) is 3.86. The van der Waals surface area contributed by atoms with Gasteiger partial charge in [-0.2, -0.15) is 0 Å². The molecule has 1 unspecified atom stereocenters. The first kappa shape index (κ1) is 27.0. The number of allylic oxidation sites excluding steroid dienone is 1. The Balaban J connectivity index is 2.24. The predicted octanol–water partition coefficient (Wildman–Crippen LogP) is 0.0107. The first-order valence-corrected chi connectivity index (χ1v) is 11.6. The molecule has 1 rings (SSSR count). The second-order valence-electron chi connectivity index (χ2n) is 7.14. The number of ketones is 1. The van der Waals surface area contributed by atoms with Gasteiger partial charge in [0, 0.05) is 36.8 Å². The Hall–Kier alpha value is -2.05. The van der Waals surface area contributed by atoms with E-state index in [2.05, 4.69) is 10.6 Å². The van der Waals surface area contributed by atoms with Crippen molar-refractivity contribution in [2.75, 3.05) is 25.4 Å². The third-order valence-corrected chi connectivity index (χ3v) is 5.66. The van der Waals surface area contributed by atoms with Crippen molar-refractivity contribution in [3.8, 4) is 0 Å². The Morgan fingerprint density at radius 3 is 2.48 bits per heavy atom. The first-order chi connectivity index (χ1) is 14.3. The number of hydrogen-bond donors (Lipinski definition) is 4. The molecule has 174 valence electrons. The molecule has 1 saturated heterocycles. The second-order valence-corrected chi connectivity index (χ2v) is 9.70. The molecule has 0 bridgehead atoms. The number of aliphatic carboxylic acids is 1. The van der Waals surface area contributed by atoms with Crippen LogP contribution in [0, 0.1) is 5.41 Å². The molecule has 1 fully saturated rings. The van der Waals surface area contributed by atoms with Crippen LogP contribution in [0.2, 0.25) is 0 Å². The highest BCUT2D eigenvalue weighted by Gasteiger charge is 2.47. The highest BCUT2D eigenvalue weighted by molar-refractivity contribution is 8.13. The van der Waals surface area contributed by atoms with E-state index >= 15 is 0 Å². The Kier molecular flexibility index (Phi) is 10.5. The van der Waals surface area contributed by atoms with E-state index in [4.69, 9.17) is 14.2 Å². The number of phosphoric acid groups is 1. The normalized spacial score (nSPS) is 22.6. The lowest BCUT2D eigenvalue weighted by atomic mass is 9.87. The summed E-state index contributed by atoms with van der Waals surface area (Å²) in [5, 5.41) is 12.9. The zero-order valence-electron chi connectivity index (χ0n) is 17.0. The minimum atomic E-state index is -4.29. The molecule has 0 radical (unpaired) electrons. The van der Waals surface area contributed by atoms with Gasteiger partial charge in [-0.3, -0.25) is 28.2 Å². The number of rotatable bonds is 11. The zero-order valence-corrected chi connectivity index (χ0v) is 18.7. The minimum Gasteiger partial charge on any atom is -0.478 e. The molecular formula is C17H25N2O10PS. The molecule has 14 heteroatoms. The van der Waals surface area contributed by atoms with Crippen molar-refractivity contribution in [1.82, 2.24) is 10.6 Å². The Morgan fingerprint density at radius 1 is 1.16 bits per heavy atom. The maximum atomic E-state index is 12.2. The summed E-state index contributed by atoms with van der Waals surface area (Å²) in [6, 6.07) is 0. The van der Waals surface area contributed by atoms with Crippen LogP contribution >= 0.6 is 19.6 Å². The summed E-state index contributed by atoms with van der Waals surface area (Å²) >= 11 is 0.824. The number of phosphoric ester groups is 1. The van der Waals surface area contributed by atoms with Crippen LogP contribution in [0.4, 0.5) is 0 Å². The quantitative estimate of drug-likeness (QED) is 0.135. The number of carbonyl (C=O) groups excluding carboxylic acids is 4. The van der Waals surface area contributed by atoms with Crippen LogP contribution in [0.15, 0.2) is 12.2 Å². The summed E-state index contributed by atoms with van der Waals surface area (Å²) in [6.45, 7) is 3.24. The van der Waals surface area contributed by atoms with Crippen molar-refractivity contribution < 1.29 is 47.6 Å². The van der Waals surface area contributed by atoms with Gasteiger partial charge < -0.3 is 20.6 Å². The van der Waals surface area contributed by atoms with E-state index in [0.717, 1.165) is 17.8 Å². The average Bonchev–Trinajstić information content (AvgIpc) is 2.65. The van der Waals surface area contributed by atoms with Gasteiger partial charge in [0.25, 0.3) is 0 Å². The van der Waals surface area contributed by atoms with Gasteiger partial charge in [-0.25, -0.2) is 9.36 Å². The van der Waals surface area contributed by atoms with E-state index < -0.39 is 54.4 Å². The Labute approximate surface area is 182 Å². The van der Waals surface area contributed by atoms with Gasteiger partial charge in [0.2, 0.25) is 11.8 Å². The molecule has 1 heterocycles. The van der Waals surface area contributed by atoms with Crippen LogP contribution in [0.25, 0.3) is 0 Å². The molecule has 0 aromatic heterocycles. The van der Waals surface area contributed by atoms with Crippen LogP contribution in [0.1, 0.15) is 26.7 Å². The maximum Gasteiger partial charge on any atom is 0.472 e. The minimum absolute atomic E-state index is 0.0340. The molecule has 0 spiro atoms. The molecule has 0 aromatic carbocycles. The van der Waals surface area contributed by atoms with E-state index in [0.29, 0.717) is 6.08 Å². The number of carboxylic acid groups (broad SMARTS) is 1. The largest absolute Gasteiger partial charge is 0.478 e. The Bertz CT molecular complexity index is 798. The SMILES string of the molecule is CC1(C)COP(=O)(O)O[C@H]1C(=O)NCCC(=O)NCCSC(=O)CC(=O)/C=C/C(=O)O. The summed E-state index contributed by atoms with van der Waals surface area (Å²) in [4.78, 5) is 66.6. The molecule has 0 aromatic rings. The number of carboxylic acids is 1. The highest BCUT2D eigenvalue weighted by atomic mass is 32.2. The monoisotopic (exact) mass is 480 g/mol. The van der Waals surface area contributed by atoms with Crippen molar-refractivity contribution in [1.29, 1.82) is 0 Å². The first-order valence-electron chi connectivity index (χ1n) is 9.12. The average molecular weight is 480 g/mol. The van der Waals surface area contributed by atoms with Crippen LogP contribution in [0.5, 0.6) is 0 Å². The predicted molar refractivity (Wildman–Crippen MR) is 109 cm³/mol. The van der Waals surface area contributed by atoms with Gasteiger partial charge in [0.05, 0.1) is 13.0 Å². The third kappa shape index (κ3) is 10.7. The molecule has 12 nitrogen and oxygen atoms in total. The molecule has 31 heavy (non-hydrogen) atoms. The molecule has 4 N–H and O–H groups in total. The highest BCUT2D eigenvalue weighted by Crippen LogP contribution is 2.52. The summed E-state index contributed by atoms with van der Waals surface area (Å²) in [6.07, 6.45) is -0.265. The smallest absolute Gasteiger partial charge is 0.472 e. The van der Waals surface area contributed by atoms with Gasteiger partial charge >= 0.3 is 13.8 Å². The molecule has 2 atom stereocenters. The van der Waals surface area contributed by atoms with E-state index in [1.165, 1.54) is 0 Å².